The van der Waals surface area contributed by atoms with E-state index in [0.717, 1.165) is 12.3 Å². The fourth-order valence-corrected chi connectivity index (χ4v) is 2.31. The van der Waals surface area contributed by atoms with Crippen molar-refractivity contribution in [2.45, 2.75) is 31.8 Å². The molecule has 1 atom stereocenters. The van der Waals surface area contributed by atoms with Gasteiger partial charge in [-0.2, -0.15) is 0 Å². The molecule has 2 bridgehead atoms. The van der Waals surface area contributed by atoms with Gasteiger partial charge in [0.15, 0.2) is 0 Å². The first-order valence-corrected chi connectivity index (χ1v) is 4.62. The predicted octanol–water partition coefficient (Wildman–Crippen LogP) is 1.90. The van der Waals surface area contributed by atoms with Crippen LogP contribution in [0.1, 0.15) is 25.7 Å². The first kappa shape index (κ1) is 7.84. The molecule has 0 spiro atoms. The lowest BCUT2D eigenvalue weighted by atomic mass is 9.64. The first-order valence-electron chi connectivity index (χ1n) is 4.62. The number of hydrogen-bond acceptors (Lipinski definition) is 2. The molecule has 3 fully saturated rings. The molecule has 66 valence electrons. The van der Waals surface area contributed by atoms with E-state index in [1.807, 2.05) is 0 Å². The summed E-state index contributed by atoms with van der Waals surface area (Å²) in [5.41, 5.74) is 0. The Kier molecular flexibility index (Phi) is 1.91. The summed E-state index contributed by atoms with van der Waals surface area (Å²) in [6.07, 6.45) is 6.30. The molecule has 0 aromatic heterocycles. The molecule has 3 aliphatic carbocycles. The molecular weight excluding hydrogens is 152 g/mol. The minimum absolute atomic E-state index is 0.195. The Hall–Kier alpha value is -0.790. The van der Waals surface area contributed by atoms with Gasteiger partial charge in [0, 0.05) is 6.08 Å². The number of esters is 1. The molecule has 12 heavy (non-hydrogen) atoms. The van der Waals surface area contributed by atoms with Crippen LogP contribution in [0.15, 0.2) is 12.7 Å². The van der Waals surface area contributed by atoms with E-state index >= 15 is 0 Å². The van der Waals surface area contributed by atoms with E-state index in [1.165, 1.54) is 25.3 Å². The number of rotatable bonds is 2. The highest BCUT2D eigenvalue weighted by Crippen LogP contribution is 2.46. The Labute approximate surface area is 72.6 Å². The van der Waals surface area contributed by atoms with Crippen LogP contribution in [0.5, 0.6) is 0 Å². The van der Waals surface area contributed by atoms with E-state index in [0.29, 0.717) is 5.92 Å². The van der Waals surface area contributed by atoms with Crippen molar-refractivity contribution in [1.29, 1.82) is 0 Å². The van der Waals surface area contributed by atoms with Gasteiger partial charge >= 0.3 is 5.97 Å². The minimum atomic E-state index is -0.259. The number of ether oxygens (including phenoxy) is 1. The molecule has 0 heterocycles. The van der Waals surface area contributed by atoms with Gasteiger partial charge in [-0.1, -0.05) is 6.58 Å². The molecule has 2 nitrogen and oxygen atoms in total. The number of carbonyl (C=O) groups excluding carboxylic acids is 1. The fraction of sp³-hybridized carbons (Fsp3) is 0.700. The smallest absolute Gasteiger partial charge is 0.330 e. The Bertz CT molecular complexity index is 201. The minimum Gasteiger partial charge on any atom is -0.459 e. The normalized spacial score (nSPS) is 38.2. The van der Waals surface area contributed by atoms with Crippen molar-refractivity contribution in [3.05, 3.63) is 12.7 Å². The Morgan fingerprint density at radius 2 is 2.17 bits per heavy atom. The van der Waals surface area contributed by atoms with Gasteiger partial charge in [-0.3, -0.25) is 0 Å². The largest absolute Gasteiger partial charge is 0.459 e. The highest BCUT2D eigenvalue weighted by Gasteiger charge is 2.41. The highest BCUT2D eigenvalue weighted by molar-refractivity contribution is 5.81. The third-order valence-electron chi connectivity index (χ3n) is 3.09. The van der Waals surface area contributed by atoms with Crippen LogP contribution in [-0.2, 0) is 9.53 Å². The van der Waals surface area contributed by atoms with Gasteiger partial charge in [-0.05, 0) is 37.5 Å². The van der Waals surface area contributed by atoms with Gasteiger partial charge in [0.25, 0.3) is 0 Å². The van der Waals surface area contributed by atoms with Crippen LogP contribution in [-0.4, -0.2) is 12.1 Å². The second kappa shape index (κ2) is 2.92. The van der Waals surface area contributed by atoms with Crippen LogP contribution in [0, 0.1) is 11.8 Å². The predicted molar refractivity (Wildman–Crippen MR) is 45.5 cm³/mol. The Morgan fingerprint density at radius 1 is 1.42 bits per heavy atom. The van der Waals surface area contributed by atoms with Crippen molar-refractivity contribution in [3.8, 4) is 0 Å². The molecule has 1 unspecified atom stereocenters. The second-order valence-electron chi connectivity index (χ2n) is 3.85. The molecular formula is C10H14O2. The van der Waals surface area contributed by atoms with Crippen molar-refractivity contribution in [1.82, 2.24) is 0 Å². The maximum absolute atomic E-state index is 10.9. The summed E-state index contributed by atoms with van der Waals surface area (Å²) in [4.78, 5) is 10.9. The maximum Gasteiger partial charge on any atom is 0.330 e. The Balaban J connectivity index is 1.87. The van der Waals surface area contributed by atoms with Crippen LogP contribution >= 0.6 is 0 Å². The third-order valence-corrected chi connectivity index (χ3v) is 3.09. The molecule has 0 radical (unpaired) electrons. The van der Waals surface area contributed by atoms with Crippen molar-refractivity contribution in [2.24, 2.45) is 11.8 Å². The molecule has 3 aliphatic rings. The van der Waals surface area contributed by atoms with E-state index in [9.17, 15) is 4.79 Å². The average molecular weight is 166 g/mol. The standard InChI is InChI=1S/C10H14O2/c1-2-10(11)12-9-4-3-7-5-8(9)6-7/h2,7-9H,1,3-6H2. The molecule has 0 aromatic rings. The van der Waals surface area contributed by atoms with Crippen molar-refractivity contribution >= 4 is 5.97 Å². The van der Waals surface area contributed by atoms with Crippen LogP contribution in [0.2, 0.25) is 0 Å². The van der Waals surface area contributed by atoms with Crippen LogP contribution < -0.4 is 0 Å². The topological polar surface area (TPSA) is 26.3 Å². The SMILES string of the molecule is C=CC(=O)OC1CCC2CC1C2. The quantitative estimate of drug-likeness (QED) is 0.462. The van der Waals surface area contributed by atoms with E-state index in [-0.39, 0.29) is 12.1 Å². The molecule has 0 amide bonds. The molecule has 0 saturated heterocycles. The second-order valence-corrected chi connectivity index (χ2v) is 3.85. The molecule has 3 rings (SSSR count). The van der Waals surface area contributed by atoms with Crippen LogP contribution in [0.4, 0.5) is 0 Å². The number of fused-ring (bicyclic) bond motifs is 2. The average Bonchev–Trinajstić information content (AvgIpc) is 2.03. The monoisotopic (exact) mass is 166 g/mol. The molecule has 0 aliphatic heterocycles. The first-order chi connectivity index (χ1) is 5.79. The highest BCUT2D eigenvalue weighted by atomic mass is 16.5. The lowest BCUT2D eigenvalue weighted by Gasteiger charge is -2.45. The molecule has 0 aromatic carbocycles. The van der Waals surface area contributed by atoms with E-state index < -0.39 is 0 Å². The summed E-state index contributed by atoms with van der Waals surface area (Å²) < 4.78 is 5.23. The van der Waals surface area contributed by atoms with Gasteiger partial charge in [0.1, 0.15) is 6.10 Å². The van der Waals surface area contributed by atoms with Gasteiger partial charge in [-0.25, -0.2) is 4.79 Å². The van der Waals surface area contributed by atoms with Gasteiger partial charge < -0.3 is 4.74 Å². The summed E-state index contributed by atoms with van der Waals surface area (Å²) in [5, 5.41) is 0. The van der Waals surface area contributed by atoms with E-state index in [2.05, 4.69) is 6.58 Å². The van der Waals surface area contributed by atoms with Crippen LogP contribution in [0.3, 0.4) is 0 Å². The Morgan fingerprint density at radius 3 is 2.67 bits per heavy atom. The van der Waals surface area contributed by atoms with Crippen molar-refractivity contribution in [2.75, 3.05) is 0 Å². The van der Waals surface area contributed by atoms with Crippen molar-refractivity contribution in [3.63, 3.8) is 0 Å². The zero-order chi connectivity index (χ0) is 8.55. The fourth-order valence-electron chi connectivity index (χ4n) is 2.31. The maximum atomic E-state index is 10.9. The summed E-state index contributed by atoms with van der Waals surface area (Å²) in [5.74, 6) is 1.34. The van der Waals surface area contributed by atoms with Gasteiger partial charge in [-0.15, -0.1) is 0 Å². The summed E-state index contributed by atoms with van der Waals surface area (Å²) in [6.45, 7) is 3.39. The molecule has 0 N–H and O–H groups in total. The third kappa shape index (κ3) is 1.26. The zero-order valence-electron chi connectivity index (χ0n) is 7.16. The van der Waals surface area contributed by atoms with Crippen LogP contribution in [0.25, 0.3) is 0 Å². The molecule has 2 heteroatoms. The number of hydrogen-bond donors (Lipinski definition) is 0. The van der Waals surface area contributed by atoms with Gasteiger partial charge in [0.2, 0.25) is 0 Å². The summed E-state index contributed by atoms with van der Waals surface area (Å²) in [7, 11) is 0. The van der Waals surface area contributed by atoms with Crippen molar-refractivity contribution < 1.29 is 9.53 Å². The molecule has 3 saturated carbocycles. The summed E-state index contributed by atoms with van der Waals surface area (Å²) >= 11 is 0. The number of carbonyl (C=O) groups is 1. The van der Waals surface area contributed by atoms with Gasteiger partial charge in [0.05, 0.1) is 0 Å². The van der Waals surface area contributed by atoms with E-state index in [4.69, 9.17) is 4.74 Å². The lowest BCUT2D eigenvalue weighted by molar-refractivity contribution is -0.153. The summed E-state index contributed by atoms with van der Waals surface area (Å²) in [6, 6.07) is 0. The van der Waals surface area contributed by atoms with E-state index in [1.54, 1.807) is 0 Å². The lowest BCUT2D eigenvalue weighted by Crippen LogP contribution is -2.41. The zero-order valence-corrected chi connectivity index (χ0v) is 7.16.